The summed E-state index contributed by atoms with van der Waals surface area (Å²) in [5.74, 6) is -0.544. The molecule has 1 rings (SSSR count). The van der Waals surface area contributed by atoms with Crippen molar-refractivity contribution in [3.63, 3.8) is 0 Å². The third kappa shape index (κ3) is 4.79. The number of hydrogen-bond acceptors (Lipinski definition) is 4. The topological polar surface area (TPSA) is 104 Å². The lowest BCUT2D eigenvalue weighted by Gasteiger charge is -2.12. The predicted octanol–water partition coefficient (Wildman–Crippen LogP) is 1.01. The van der Waals surface area contributed by atoms with E-state index in [1.807, 2.05) is 13.8 Å². The first-order valence-electron chi connectivity index (χ1n) is 6.60. The third-order valence-electron chi connectivity index (χ3n) is 2.94. The van der Waals surface area contributed by atoms with E-state index in [4.69, 9.17) is 5.73 Å². The molecule has 0 spiro atoms. The number of benzene rings is 1. The molecule has 0 bridgehead atoms. The van der Waals surface area contributed by atoms with E-state index in [1.165, 1.54) is 18.2 Å². The van der Waals surface area contributed by atoms with Crippen LogP contribution in [-0.4, -0.2) is 29.5 Å². The van der Waals surface area contributed by atoms with Gasteiger partial charge in [0.15, 0.2) is 0 Å². The van der Waals surface area contributed by atoms with Crippen molar-refractivity contribution in [1.29, 1.82) is 0 Å². The van der Waals surface area contributed by atoms with Crippen molar-refractivity contribution in [2.75, 3.05) is 12.3 Å². The zero-order valence-corrected chi connectivity index (χ0v) is 11.8. The Balaban J connectivity index is 2.44. The van der Waals surface area contributed by atoms with Gasteiger partial charge >= 0.3 is 0 Å². The summed E-state index contributed by atoms with van der Waals surface area (Å²) < 4.78 is 0. The Morgan fingerprint density at radius 2 is 2.10 bits per heavy atom. The minimum Gasteiger partial charge on any atom is -0.508 e. The molecule has 0 heterocycles. The van der Waals surface area contributed by atoms with Crippen molar-refractivity contribution in [1.82, 2.24) is 10.6 Å². The molecule has 0 fully saturated rings. The van der Waals surface area contributed by atoms with Gasteiger partial charge in [-0.25, -0.2) is 0 Å². The van der Waals surface area contributed by atoms with Crippen LogP contribution >= 0.6 is 0 Å². The normalized spacial score (nSPS) is 11.7. The van der Waals surface area contributed by atoms with Crippen LogP contribution in [0.2, 0.25) is 0 Å². The molecule has 6 heteroatoms. The lowest BCUT2D eigenvalue weighted by Crippen LogP contribution is -2.35. The van der Waals surface area contributed by atoms with Gasteiger partial charge in [-0.05, 0) is 31.5 Å². The lowest BCUT2D eigenvalue weighted by atomic mass is 10.1. The quantitative estimate of drug-likeness (QED) is 0.460. The highest BCUT2D eigenvalue weighted by Gasteiger charge is 2.11. The smallest absolute Gasteiger partial charge is 0.253 e. The molecule has 0 aliphatic heterocycles. The Morgan fingerprint density at radius 1 is 1.40 bits per heavy atom. The number of anilines is 1. The van der Waals surface area contributed by atoms with Crippen molar-refractivity contribution >= 4 is 17.5 Å². The van der Waals surface area contributed by atoms with Gasteiger partial charge < -0.3 is 21.5 Å². The summed E-state index contributed by atoms with van der Waals surface area (Å²) in [6.07, 6.45) is 1.06. The minimum atomic E-state index is -0.408. The van der Waals surface area contributed by atoms with E-state index < -0.39 is 5.91 Å². The van der Waals surface area contributed by atoms with E-state index in [2.05, 4.69) is 10.6 Å². The van der Waals surface area contributed by atoms with Gasteiger partial charge in [-0.2, -0.15) is 0 Å². The van der Waals surface area contributed by atoms with Gasteiger partial charge in [0.2, 0.25) is 5.91 Å². The number of phenols is 1. The molecule has 1 aromatic rings. The summed E-state index contributed by atoms with van der Waals surface area (Å²) in [7, 11) is 0. The van der Waals surface area contributed by atoms with Gasteiger partial charge in [0.1, 0.15) is 5.75 Å². The maximum Gasteiger partial charge on any atom is 0.253 e. The number of nitrogen functional groups attached to an aromatic ring is 1. The maximum atomic E-state index is 11.8. The van der Waals surface area contributed by atoms with E-state index in [9.17, 15) is 14.7 Å². The molecule has 6 nitrogen and oxygen atoms in total. The molecule has 1 atom stereocenters. The Labute approximate surface area is 118 Å². The molecule has 0 saturated heterocycles. The first-order valence-corrected chi connectivity index (χ1v) is 6.60. The van der Waals surface area contributed by atoms with Crippen LogP contribution in [0.15, 0.2) is 18.2 Å². The lowest BCUT2D eigenvalue weighted by molar-refractivity contribution is -0.121. The van der Waals surface area contributed by atoms with E-state index in [0.717, 1.165) is 6.42 Å². The molecule has 0 saturated carbocycles. The van der Waals surface area contributed by atoms with E-state index in [0.29, 0.717) is 0 Å². The fourth-order valence-corrected chi connectivity index (χ4v) is 1.57. The monoisotopic (exact) mass is 279 g/mol. The van der Waals surface area contributed by atoms with Crippen molar-refractivity contribution in [3.05, 3.63) is 23.8 Å². The number of nitrogens with two attached hydrogens (primary N) is 1. The highest BCUT2D eigenvalue weighted by molar-refractivity contribution is 5.99. The van der Waals surface area contributed by atoms with Gasteiger partial charge in [0.05, 0.1) is 5.56 Å². The van der Waals surface area contributed by atoms with Gasteiger partial charge in [0, 0.05) is 24.7 Å². The molecule has 1 aromatic carbocycles. The van der Waals surface area contributed by atoms with Crippen LogP contribution in [-0.2, 0) is 4.79 Å². The second kappa shape index (κ2) is 7.37. The van der Waals surface area contributed by atoms with Gasteiger partial charge in [0.25, 0.3) is 5.91 Å². The summed E-state index contributed by atoms with van der Waals surface area (Å²) in [4.78, 5) is 23.4. The van der Waals surface area contributed by atoms with E-state index in [1.54, 1.807) is 0 Å². The molecule has 0 aliphatic rings. The van der Waals surface area contributed by atoms with Crippen molar-refractivity contribution in [2.24, 2.45) is 0 Å². The average molecular weight is 279 g/mol. The molecule has 0 aliphatic carbocycles. The molecule has 110 valence electrons. The highest BCUT2D eigenvalue weighted by Crippen LogP contribution is 2.18. The summed E-state index contributed by atoms with van der Waals surface area (Å²) in [6, 6.07) is 4.29. The number of amides is 2. The SMILES string of the molecule is CCC(C)NC(=O)CCNC(=O)c1cc(O)ccc1N. The molecule has 0 radical (unpaired) electrons. The van der Waals surface area contributed by atoms with Crippen LogP contribution in [0.3, 0.4) is 0 Å². The molecule has 5 N–H and O–H groups in total. The molecule has 20 heavy (non-hydrogen) atoms. The second-order valence-corrected chi connectivity index (χ2v) is 4.65. The summed E-state index contributed by atoms with van der Waals surface area (Å²) in [6.45, 7) is 4.12. The van der Waals surface area contributed by atoms with E-state index >= 15 is 0 Å². The van der Waals surface area contributed by atoms with Crippen LogP contribution in [0.25, 0.3) is 0 Å². The van der Waals surface area contributed by atoms with Crippen LogP contribution in [0.1, 0.15) is 37.0 Å². The van der Waals surface area contributed by atoms with Crippen molar-refractivity contribution in [3.8, 4) is 5.75 Å². The number of rotatable bonds is 6. The number of carbonyl (C=O) groups excluding carboxylic acids is 2. The fraction of sp³-hybridized carbons (Fsp3) is 0.429. The van der Waals surface area contributed by atoms with Crippen LogP contribution in [0.4, 0.5) is 5.69 Å². The average Bonchev–Trinajstić information content (AvgIpc) is 2.41. The maximum absolute atomic E-state index is 11.8. The predicted molar refractivity (Wildman–Crippen MR) is 77.4 cm³/mol. The first-order chi connectivity index (χ1) is 9.43. The summed E-state index contributed by atoms with van der Waals surface area (Å²) >= 11 is 0. The Morgan fingerprint density at radius 3 is 2.75 bits per heavy atom. The zero-order valence-electron chi connectivity index (χ0n) is 11.8. The largest absolute Gasteiger partial charge is 0.508 e. The Kier molecular flexibility index (Phi) is 5.83. The highest BCUT2D eigenvalue weighted by atomic mass is 16.3. The number of aromatic hydroxyl groups is 1. The van der Waals surface area contributed by atoms with Gasteiger partial charge in [-0.15, -0.1) is 0 Å². The fourth-order valence-electron chi connectivity index (χ4n) is 1.57. The minimum absolute atomic E-state index is 0.0288. The second-order valence-electron chi connectivity index (χ2n) is 4.65. The summed E-state index contributed by atoms with van der Waals surface area (Å²) in [5.41, 5.74) is 6.14. The molecule has 1 unspecified atom stereocenters. The van der Waals surface area contributed by atoms with Crippen molar-refractivity contribution in [2.45, 2.75) is 32.7 Å². The van der Waals surface area contributed by atoms with Crippen LogP contribution in [0.5, 0.6) is 5.75 Å². The number of nitrogens with one attached hydrogen (secondary N) is 2. The first kappa shape index (κ1) is 15.8. The molecule has 0 aromatic heterocycles. The van der Waals surface area contributed by atoms with Gasteiger partial charge in [-0.1, -0.05) is 6.92 Å². The third-order valence-corrected chi connectivity index (χ3v) is 2.94. The molecular weight excluding hydrogens is 258 g/mol. The summed E-state index contributed by atoms with van der Waals surface area (Å²) in [5, 5.41) is 14.7. The number of phenolic OH excluding ortho intramolecular Hbond substituents is 1. The van der Waals surface area contributed by atoms with Crippen molar-refractivity contribution < 1.29 is 14.7 Å². The standard InChI is InChI=1S/C14H21N3O3/c1-3-9(2)17-13(19)6-7-16-14(20)11-8-10(18)4-5-12(11)15/h4-5,8-9,18H,3,6-7,15H2,1-2H3,(H,16,20)(H,17,19). The Bertz CT molecular complexity index is 489. The van der Waals surface area contributed by atoms with E-state index in [-0.39, 0.29) is 41.9 Å². The van der Waals surface area contributed by atoms with Gasteiger partial charge in [-0.3, -0.25) is 9.59 Å². The molecule has 2 amide bonds. The zero-order chi connectivity index (χ0) is 15.1. The number of hydrogen-bond donors (Lipinski definition) is 4. The molecular formula is C14H21N3O3. The Hall–Kier alpha value is -2.24. The number of carbonyl (C=O) groups is 2. The van der Waals surface area contributed by atoms with Crippen LogP contribution < -0.4 is 16.4 Å². The van der Waals surface area contributed by atoms with Crippen LogP contribution in [0, 0.1) is 0 Å².